The molecule has 0 aliphatic carbocycles. The number of aryl methyl sites for hydroxylation is 1. The van der Waals surface area contributed by atoms with Gasteiger partial charge in [-0.15, -0.1) is 0 Å². The van der Waals surface area contributed by atoms with Crippen molar-refractivity contribution in [1.82, 2.24) is 4.90 Å². The van der Waals surface area contributed by atoms with E-state index in [0.29, 0.717) is 5.56 Å². The molecule has 0 fully saturated rings. The molecule has 1 aromatic rings. The van der Waals surface area contributed by atoms with Gasteiger partial charge in [-0.2, -0.15) is 0 Å². The lowest BCUT2D eigenvalue weighted by Crippen LogP contribution is -2.42. The average molecular weight is 250 g/mol. The van der Waals surface area contributed by atoms with Crippen LogP contribution < -0.4 is 5.73 Å². The summed E-state index contributed by atoms with van der Waals surface area (Å²) in [7, 11) is 0. The molecule has 5 nitrogen and oxygen atoms in total. The molecular formula is C13H18N2O3. The summed E-state index contributed by atoms with van der Waals surface area (Å²) < 4.78 is 0. The van der Waals surface area contributed by atoms with Gasteiger partial charge in [0.15, 0.2) is 0 Å². The summed E-state index contributed by atoms with van der Waals surface area (Å²) in [6.07, 6.45) is 0. The normalized spacial score (nSPS) is 10.4. The largest absolute Gasteiger partial charge is 0.507 e. The van der Waals surface area contributed by atoms with Gasteiger partial charge >= 0.3 is 0 Å². The third kappa shape index (κ3) is 3.00. The molecule has 3 N–H and O–H groups in total. The number of phenolic OH excluding ortho intramolecular Hbond substituents is 1. The fraction of sp³-hybridized carbons (Fsp3) is 0.385. The predicted molar refractivity (Wildman–Crippen MR) is 68.2 cm³/mol. The monoisotopic (exact) mass is 250 g/mol. The standard InChI is InChI=1S/C13H18N2O3/c1-8(2)15(7-11(14)16)13(18)10-6-4-5-9(3)12(10)17/h4-6,8,17H,7H2,1-3H3,(H2,14,16). The SMILES string of the molecule is Cc1cccc(C(=O)N(CC(N)=O)C(C)C)c1O. The molecule has 2 amide bonds. The van der Waals surface area contributed by atoms with E-state index in [1.54, 1.807) is 32.9 Å². The van der Waals surface area contributed by atoms with Gasteiger partial charge in [-0.3, -0.25) is 9.59 Å². The minimum absolute atomic E-state index is 0.0578. The fourth-order valence-corrected chi connectivity index (χ4v) is 1.64. The minimum atomic E-state index is -0.579. The molecule has 0 heterocycles. The zero-order valence-corrected chi connectivity index (χ0v) is 10.8. The van der Waals surface area contributed by atoms with Crippen LogP contribution in [0.3, 0.4) is 0 Å². The minimum Gasteiger partial charge on any atom is -0.507 e. The van der Waals surface area contributed by atoms with Crippen LogP contribution in [0.15, 0.2) is 18.2 Å². The summed E-state index contributed by atoms with van der Waals surface area (Å²) in [4.78, 5) is 24.6. The first-order chi connectivity index (χ1) is 8.34. The Bertz CT molecular complexity index is 469. The Balaban J connectivity index is 3.10. The second kappa shape index (κ2) is 5.53. The summed E-state index contributed by atoms with van der Waals surface area (Å²) in [5.74, 6) is -1.04. The average Bonchev–Trinajstić information content (AvgIpc) is 2.28. The molecule has 0 radical (unpaired) electrons. The van der Waals surface area contributed by atoms with Gasteiger partial charge in [-0.1, -0.05) is 12.1 Å². The van der Waals surface area contributed by atoms with Crippen LogP contribution >= 0.6 is 0 Å². The Morgan fingerprint density at radius 2 is 2.00 bits per heavy atom. The van der Waals surface area contributed by atoms with Crippen molar-refractivity contribution in [1.29, 1.82) is 0 Å². The van der Waals surface area contributed by atoms with Crippen molar-refractivity contribution >= 4 is 11.8 Å². The first kappa shape index (κ1) is 14.0. The number of benzene rings is 1. The Labute approximate surface area is 106 Å². The maximum atomic E-state index is 12.3. The highest BCUT2D eigenvalue weighted by Gasteiger charge is 2.23. The third-order valence-electron chi connectivity index (χ3n) is 2.68. The third-order valence-corrected chi connectivity index (χ3v) is 2.68. The molecule has 0 aromatic heterocycles. The second-order valence-corrected chi connectivity index (χ2v) is 4.46. The number of hydrogen-bond acceptors (Lipinski definition) is 3. The lowest BCUT2D eigenvalue weighted by Gasteiger charge is -2.25. The number of amides is 2. The van der Waals surface area contributed by atoms with Crippen molar-refractivity contribution in [2.24, 2.45) is 5.73 Å². The van der Waals surface area contributed by atoms with Gasteiger partial charge in [-0.05, 0) is 32.4 Å². The molecule has 18 heavy (non-hydrogen) atoms. The summed E-state index contributed by atoms with van der Waals surface area (Å²) in [5, 5.41) is 9.87. The lowest BCUT2D eigenvalue weighted by atomic mass is 10.1. The first-order valence-corrected chi connectivity index (χ1v) is 5.72. The van der Waals surface area contributed by atoms with Crippen LogP contribution in [0, 0.1) is 6.92 Å². The first-order valence-electron chi connectivity index (χ1n) is 5.72. The molecule has 0 saturated heterocycles. The number of carbonyl (C=O) groups excluding carboxylic acids is 2. The number of nitrogens with two attached hydrogens (primary N) is 1. The Morgan fingerprint density at radius 3 is 2.50 bits per heavy atom. The summed E-state index contributed by atoms with van der Waals surface area (Å²) in [5.41, 5.74) is 5.92. The number of rotatable bonds is 4. The van der Waals surface area contributed by atoms with Gasteiger partial charge in [0, 0.05) is 6.04 Å². The van der Waals surface area contributed by atoms with Crippen molar-refractivity contribution in [2.75, 3.05) is 6.54 Å². The number of hydrogen-bond donors (Lipinski definition) is 2. The van der Waals surface area contributed by atoms with Gasteiger partial charge in [0.1, 0.15) is 5.75 Å². The molecule has 0 saturated carbocycles. The Hall–Kier alpha value is -2.04. The number of aromatic hydroxyl groups is 1. The Kier molecular flexibility index (Phi) is 4.31. The number of carbonyl (C=O) groups is 2. The molecule has 1 rings (SSSR count). The quantitative estimate of drug-likeness (QED) is 0.837. The van der Waals surface area contributed by atoms with Gasteiger partial charge in [0.2, 0.25) is 5.91 Å². The van der Waals surface area contributed by atoms with Crippen LogP contribution in [0.2, 0.25) is 0 Å². The van der Waals surface area contributed by atoms with E-state index in [4.69, 9.17) is 5.73 Å². The van der Waals surface area contributed by atoms with Crippen LogP contribution in [0.1, 0.15) is 29.8 Å². The van der Waals surface area contributed by atoms with Crippen molar-refractivity contribution in [3.8, 4) is 5.75 Å². The van der Waals surface area contributed by atoms with E-state index in [9.17, 15) is 14.7 Å². The molecule has 0 aliphatic rings. The molecule has 0 aliphatic heterocycles. The molecular weight excluding hydrogens is 232 g/mol. The fourth-order valence-electron chi connectivity index (χ4n) is 1.64. The van der Waals surface area contributed by atoms with E-state index in [1.807, 2.05) is 0 Å². The summed E-state index contributed by atoms with van der Waals surface area (Å²) in [6.45, 7) is 5.12. The van der Waals surface area contributed by atoms with Crippen LogP contribution in [-0.4, -0.2) is 34.4 Å². The van der Waals surface area contributed by atoms with E-state index in [-0.39, 0.29) is 23.9 Å². The highest BCUT2D eigenvalue weighted by molar-refractivity contribution is 5.99. The van der Waals surface area contributed by atoms with E-state index in [1.165, 1.54) is 11.0 Å². The Morgan fingerprint density at radius 1 is 1.39 bits per heavy atom. The lowest BCUT2D eigenvalue weighted by molar-refractivity contribution is -0.119. The highest BCUT2D eigenvalue weighted by Crippen LogP contribution is 2.23. The number of phenols is 1. The van der Waals surface area contributed by atoms with E-state index >= 15 is 0 Å². The van der Waals surface area contributed by atoms with Crippen molar-refractivity contribution in [2.45, 2.75) is 26.8 Å². The highest BCUT2D eigenvalue weighted by atomic mass is 16.3. The van der Waals surface area contributed by atoms with Gasteiger partial charge in [0.25, 0.3) is 5.91 Å². The number of nitrogens with zero attached hydrogens (tertiary/aromatic N) is 1. The number of para-hydroxylation sites is 1. The van der Waals surface area contributed by atoms with Crippen LogP contribution in [0.5, 0.6) is 5.75 Å². The van der Waals surface area contributed by atoms with Gasteiger partial charge in [0.05, 0.1) is 12.1 Å². The van der Waals surface area contributed by atoms with E-state index < -0.39 is 11.8 Å². The van der Waals surface area contributed by atoms with Crippen LogP contribution in [0.25, 0.3) is 0 Å². The van der Waals surface area contributed by atoms with Crippen molar-refractivity contribution < 1.29 is 14.7 Å². The van der Waals surface area contributed by atoms with Crippen LogP contribution in [0.4, 0.5) is 0 Å². The molecule has 0 spiro atoms. The van der Waals surface area contributed by atoms with Crippen molar-refractivity contribution in [3.63, 3.8) is 0 Å². The molecule has 1 aromatic carbocycles. The smallest absolute Gasteiger partial charge is 0.258 e. The molecule has 0 unspecified atom stereocenters. The molecule has 5 heteroatoms. The summed E-state index contributed by atoms with van der Waals surface area (Å²) in [6, 6.07) is 4.75. The van der Waals surface area contributed by atoms with E-state index in [2.05, 4.69) is 0 Å². The molecule has 0 bridgehead atoms. The topological polar surface area (TPSA) is 83.6 Å². The molecule has 0 atom stereocenters. The van der Waals surface area contributed by atoms with Crippen molar-refractivity contribution in [3.05, 3.63) is 29.3 Å². The predicted octanol–water partition coefficient (Wildman–Crippen LogP) is 1.04. The molecule has 98 valence electrons. The maximum absolute atomic E-state index is 12.3. The maximum Gasteiger partial charge on any atom is 0.258 e. The van der Waals surface area contributed by atoms with E-state index in [0.717, 1.165) is 0 Å². The zero-order chi connectivity index (χ0) is 13.9. The second-order valence-electron chi connectivity index (χ2n) is 4.46. The summed E-state index contributed by atoms with van der Waals surface area (Å²) >= 11 is 0. The number of primary amides is 1. The van der Waals surface area contributed by atoms with Gasteiger partial charge in [-0.25, -0.2) is 0 Å². The zero-order valence-electron chi connectivity index (χ0n) is 10.8. The van der Waals surface area contributed by atoms with Gasteiger partial charge < -0.3 is 15.7 Å². The van der Waals surface area contributed by atoms with Crippen LogP contribution in [-0.2, 0) is 4.79 Å².